The number of rotatable bonds is 6. The number of hydrogen-bond donors (Lipinski definition) is 0. The van der Waals surface area contributed by atoms with E-state index >= 15 is 0 Å². The quantitative estimate of drug-likeness (QED) is 0.762. The molecule has 1 aliphatic rings. The lowest BCUT2D eigenvalue weighted by atomic mass is 10.1. The highest BCUT2D eigenvalue weighted by atomic mass is 32.1. The summed E-state index contributed by atoms with van der Waals surface area (Å²) in [5.74, 6) is 0.846. The number of ketones is 1. The third-order valence-corrected chi connectivity index (χ3v) is 4.73. The molecule has 1 aromatic carbocycles. The minimum atomic E-state index is 0.0230. The molecule has 2 aromatic rings. The largest absolute Gasteiger partial charge is 0.492 e. The van der Waals surface area contributed by atoms with Gasteiger partial charge in [0, 0.05) is 18.2 Å². The number of ether oxygens (including phenoxy) is 1. The van der Waals surface area contributed by atoms with Gasteiger partial charge in [0.15, 0.2) is 0 Å². The van der Waals surface area contributed by atoms with Gasteiger partial charge in [0.25, 0.3) is 0 Å². The molecule has 1 aliphatic heterocycles. The number of nitrogens with zero attached hydrogens (tertiary/aromatic N) is 1. The number of likely N-dealkylation sites (tertiary alicyclic amines) is 1. The molecule has 0 aliphatic carbocycles. The third kappa shape index (κ3) is 3.96. The minimum Gasteiger partial charge on any atom is -0.492 e. The predicted molar refractivity (Wildman–Crippen MR) is 88.8 cm³/mol. The normalized spacial score (nSPS) is 15.6. The lowest BCUT2D eigenvalue weighted by molar-refractivity contribution is 0.104. The van der Waals surface area contributed by atoms with Crippen molar-refractivity contribution in [1.29, 1.82) is 0 Å². The second-order valence-electron chi connectivity index (χ2n) is 5.50. The molecule has 115 valence electrons. The molecule has 0 atom stereocenters. The van der Waals surface area contributed by atoms with Gasteiger partial charge >= 0.3 is 0 Å². The van der Waals surface area contributed by atoms with Crippen LogP contribution in [-0.4, -0.2) is 36.9 Å². The molecule has 0 bridgehead atoms. The van der Waals surface area contributed by atoms with Gasteiger partial charge in [0.05, 0.1) is 4.88 Å². The van der Waals surface area contributed by atoms with Crippen molar-refractivity contribution in [3.8, 4) is 5.75 Å². The molecule has 3 rings (SSSR count). The molecule has 0 saturated carbocycles. The minimum absolute atomic E-state index is 0.0230. The van der Waals surface area contributed by atoms with Crippen LogP contribution in [0.4, 0.5) is 0 Å². The Morgan fingerprint density at radius 1 is 1.18 bits per heavy atom. The van der Waals surface area contributed by atoms with E-state index in [1.54, 1.807) is 6.07 Å². The van der Waals surface area contributed by atoms with Gasteiger partial charge in [-0.05, 0) is 61.6 Å². The summed E-state index contributed by atoms with van der Waals surface area (Å²) in [6.07, 6.45) is 3.96. The van der Waals surface area contributed by atoms with E-state index < -0.39 is 0 Å². The van der Waals surface area contributed by atoms with Crippen LogP contribution in [0.1, 0.15) is 34.5 Å². The summed E-state index contributed by atoms with van der Waals surface area (Å²) in [6, 6.07) is 12.1. The van der Waals surface area contributed by atoms with Crippen molar-refractivity contribution >= 4 is 17.1 Å². The molecule has 0 N–H and O–H groups in total. The number of carbonyl (C=O) groups is 1. The first-order valence-corrected chi connectivity index (χ1v) is 8.66. The molecule has 0 amide bonds. The maximum atomic E-state index is 12.2. The van der Waals surface area contributed by atoms with Crippen molar-refractivity contribution in [2.24, 2.45) is 0 Å². The van der Waals surface area contributed by atoms with E-state index in [2.05, 4.69) is 11.0 Å². The SMILES string of the molecule is O=C(c1ccc(OCCN2CCCCC2)cc1)c1[c]ccs1. The standard InChI is InChI=1S/C18H20NO2S/c20-18(17-5-4-14-22-17)15-6-8-16(9-7-15)21-13-12-19-10-2-1-3-11-19/h4,6-9,14H,1-3,10-13H2. The summed E-state index contributed by atoms with van der Waals surface area (Å²) < 4.78 is 5.78. The van der Waals surface area contributed by atoms with Crippen LogP contribution in [0.15, 0.2) is 35.7 Å². The summed E-state index contributed by atoms with van der Waals surface area (Å²) >= 11 is 1.42. The van der Waals surface area contributed by atoms with Crippen LogP contribution in [0.5, 0.6) is 5.75 Å². The lowest BCUT2D eigenvalue weighted by Crippen LogP contribution is -2.33. The van der Waals surface area contributed by atoms with E-state index in [-0.39, 0.29) is 5.78 Å². The highest BCUT2D eigenvalue weighted by molar-refractivity contribution is 7.12. The maximum absolute atomic E-state index is 12.2. The fraction of sp³-hybridized carbons (Fsp3) is 0.389. The molecule has 22 heavy (non-hydrogen) atoms. The summed E-state index contributed by atoms with van der Waals surface area (Å²) in [5.41, 5.74) is 0.682. The van der Waals surface area contributed by atoms with Gasteiger partial charge in [-0.3, -0.25) is 9.69 Å². The fourth-order valence-corrected chi connectivity index (χ4v) is 3.31. The number of benzene rings is 1. The van der Waals surface area contributed by atoms with E-state index in [1.165, 1.54) is 43.7 Å². The molecular formula is C18H20NO2S. The van der Waals surface area contributed by atoms with Gasteiger partial charge in [-0.25, -0.2) is 0 Å². The number of carbonyl (C=O) groups excluding carboxylic acids is 1. The van der Waals surface area contributed by atoms with Crippen LogP contribution in [0, 0.1) is 6.07 Å². The van der Waals surface area contributed by atoms with Crippen LogP contribution in [0.25, 0.3) is 0 Å². The van der Waals surface area contributed by atoms with Gasteiger partial charge in [0.1, 0.15) is 12.4 Å². The van der Waals surface area contributed by atoms with Crippen LogP contribution < -0.4 is 4.74 Å². The Morgan fingerprint density at radius 2 is 1.95 bits per heavy atom. The average molecular weight is 314 g/mol. The maximum Gasteiger partial charge on any atom is 0.203 e. The zero-order chi connectivity index (χ0) is 15.2. The molecule has 1 saturated heterocycles. The number of piperidine rings is 1. The molecule has 0 unspecified atom stereocenters. The molecule has 1 fully saturated rings. The van der Waals surface area contributed by atoms with Crippen LogP contribution in [0.2, 0.25) is 0 Å². The van der Waals surface area contributed by atoms with Gasteiger partial charge < -0.3 is 4.74 Å². The van der Waals surface area contributed by atoms with Crippen molar-refractivity contribution in [3.05, 3.63) is 52.2 Å². The Bertz CT molecular complexity index is 586. The van der Waals surface area contributed by atoms with E-state index in [0.717, 1.165) is 12.3 Å². The van der Waals surface area contributed by atoms with Crippen LogP contribution >= 0.6 is 11.3 Å². The Balaban J connectivity index is 1.50. The Labute approximate surface area is 135 Å². The first-order chi connectivity index (χ1) is 10.8. The van der Waals surface area contributed by atoms with E-state index in [9.17, 15) is 4.79 Å². The Morgan fingerprint density at radius 3 is 2.64 bits per heavy atom. The van der Waals surface area contributed by atoms with Crippen molar-refractivity contribution in [3.63, 3.8) is 0 Å². The van der Waals surface area contributed by atoms with Crippen molar-refractivity contribution in [2.45, 2.75) is 19.3 Å². The zero-order valence-corrected chi connectivity index (χ0v) is 13.4. The van der Waals surface area contributed by atoms with E-state index in [0.29, 0.717) is 17.0 Å². The van der Waals surface area contributed by atoms with E-state index in [1.807, 2.05) is 29.6 Å². The van der Waals surface area contributed by atoms with Crippen molar-refractivity contribution in [2.75, 3.05) is 26.2 Å². The Kier molecular flexibility index (Phi) is 5.24. The Hall–Kier alpha value is -1.65. The van der Waals surface area contributed by atoms with Crippen LogP contribution in [0.3, 0.4) is 0 Å². The molecule has 4 heteroatoms. The lowest BCUT2D eigenvalue weighted by Gasteiger charge is -2.26. The van der Waals surface area contributed by atoms with Gasteiger partial charge in [-0.1, -0.05) is 6.42 Å². The molecule has 3 nitrogen and oxygen atoms in total. The predicted octanol–water partition coefficient (Wildman–Crippen LogP) is 3.64. The molecular weight excluding hydrogens is 294 g/mol. The first-order valence-electron chi connectivity index (χ1n) is 7.78. The van der Waals surface area contributed by atoms with E-state index in [4.69, 9.17) is 4.74 Å². The summed E-state index contributed by atoms with van der Waals surface area (Å²) in [5, 5.41) is 1.87. The van der Waals surface area contributed by atoms with Gasteiger partial charge in [-0.15, -0.1) is 11.3 Å². The number of hydrogen-bond acceptors (Lipinski definition) is 4. The monoisotopic (exact) mass is 314 g/mol. The molecule has 1 radical (unpaired) electrons. The van der Waals surface area contributed by atoms with Crippen molar-refractivity contribution in [1.82, 2.24) is 4.90 Å². The van der Waals surface area contributed by atoms with Crippen molar-refractivity contribution < 1.29 is 9.53 Å². The highest BCUT2D eigenvalue weighted by Gasteiger charge is 2.11. The average Bonchev–Trinajstić information content (AvgIpc) is 3.10. The van der Waals surface area contributed by atoms with Gasteiger partial charge in [0.2, 0.25) is 5.78 Å². The first kappa shape index (κ1) is 15.3. The second-order valence-corrected chi connectivity index (χ2v) is 6.41. The topological polar surface area (TPSA) is 29.5 Å². The smallest absolute Gasteiger partial charge is 0.203 e. The fourth-order valence-electron chi connectivity index (χ4n) is 2.67. The number of thiophene rings is 1. The second kappa shape index (κ2) is 7.56. The summed E-state index contributed by atoms with van der Waals surface area (Å²) in [7, 11) is 0. The summed E-state index contributed by atoms with van der Waals surface area (Å²) in [4.78, 5) is 15.3. The van der Waals surface area contributed by atoms with Gasteiger partial charge in [-0.2, -0.15) is 0 Å². The molecule has 2 heterocycles. The zero-order valence-electron chi connectivity index (χ0n) is 12.6. The summed E-state index contributed by atoms with van der Waals surface area (Å²) in [6.45, 7) is 4.05. The van der Waals surface area contributed by atoms with Crippen LogP contribution in [-0.2, 0) is 0 Å². The molecule has 1 aromatic heterocycles. The molecule has 0 spiro atoms. The highest BCUT2D eigenvalue weighted by Crippen LogP contribution is 2.18. The third-order valence-electron chi connectivity index (χ3n) is 3.92.